The van der Waals surface area contributed by atoms with Crippen LogP contribution < -0.4 is 10.5 Å². The van der Waals surface area contributed by atoms with Crippen LogP contribution in [0.2, 0.25) is 0 Å². The van der Waals surface area contributed by atoms with Gasteiger partial charge in [0.05, 0.1) is 25.6 Å². The lowest BCUT2D eigenvalue weighted by molar-refractivity contribution is -0.919. The number of hydrogen-bond acceptors (Lipinski definition) is 4. The molecule has 24 heavy (non-hydrogen) atoms. The smallest absolute Gasteiger partial charge is 0.309 e. The van der Waals surface area contributed by atoms with Crippen molar-refractivity contribution >= 4 is 11.6 Å². The average molecular weight is 330 g/mol. The van der Waals surface area contributed by atoms with E-state index in [1.165, 1.54) is 4.90 Å². The number of aromatic nitrogens is 2. The van der Waals surface area contributed by atoms with E-state index < -0.39 is 0 Å². The third-order valence-corrected chi connectivity index (χ3v) is 4.68. The molecule has 1 N–H and O–H groups in total. The van der Waals surface area contributed by atoms with Gasteiger partial charge in [0.1, 0.15) is 17.9 Å². The Labute approximate surface area is 141 Å². The van der Waals surface area contributed by atoms with Crippen LogP contribution in [-0.2, 0) is 16.1 Å². The maximum absolute atomic E-state index is 12.3. The lowest BCUT2D eigenvalue weighted by atomic mass is 9.97. The Kier molecular flexibility index (Phi) is 4.94. The molecule has 0 amide bonds. The van der Waals surface area contributed by atoms with Crippen molar-refractivity contribution < 1.29 is 14.4 Å². The van der Waals surface area contributed by atoms with Gasteiger partial charge in [-0.15, -0.1) is 0 Å². The van der Waals surface area contributed by atoms with Crippen molar-refractivity contribution in [3.63, 3.8) is 0 Å². The molecular weight excluding hydrogens is 306 g/mol. The third kappa shape index (κ3) is 3.48. The molecule has 1 fully saturated rings. The van der Waals surface area contributed by atoms with Crippen molar-refractivity contribution in [2.45, 2.75) is 33.2 Å². The molecular formula is C18H24N3O3+. The predicted molar refractivity (Wildman–Crippen MR) is 90.0 cm³/mol. The zero-order chi connectivity index (χ0) is 17.1. The Morgan fingerprint density at radius 2 is 2.12 bits per heavy atom. The molecule has 0 atom stereocenters. The van der Waals surface area contributed by atoms with Crippen LogP contribution in [0, 0.1) is 12.8 Å². The number of ether oxygens (including phenoxy) is 1. The summed E-state index contributed by atoms with van der Waals surface area (Å²) in [5.41, 5.74) is 2.36. The summed E-state index contributed by atoms with van der Waals surface area (Å²) in [5, 5.41) is 0. The molecule has 0 aliphatic carbocycles. The molecule has 0 radical (unpaired) electrons. The number of carbonyl (C=O) groups excluding carboxylic acids is 1. The second kappa shape index (κ2) is 7.13. The molecule has 1 aliphatic heterocycles. The predicted octanol–water partition coefficient (Wildman–Crippen LogP) is 0.361. The van der Waals surface area contributed by atoms with Crippen molar-refractivity contribution in [1.29, 1.82) is 0 Å². The summed E-state index contributed by atoms with van der Waals surface area (Å²) in [7, 11) is 0. The summed E-state index contributed by atoms with van der Waals surface area (Å²) in [6.45, 7) is 6.70. The molecule has 0 aromatic carbocycles. The van der Waals surface area contributed by atoms with Crippen LogP contribution in [0.3, 0.4) is 0 Å². The quantitative estimate of drug-likeness (QED) is 0.822. The van der Waals surface area contributed by atoms with Gasteiger partial charge in [-0.1, -0.05) is 6.07 Å². The highest BCUT2D eigenvalue weighted by atomic mass is 16.5. The maximum Gasteiger partial charge on any atom is 0.309 e. The van der Waals surface area contributed by atoms with E-state index in [-0.39, 0.29) is 17.4 Å². The number of piperidine rings is 1. The number of fused-ring (bicyclic) bond motifs is 1. The molecule has 0 bridgehead atoms. The molecule has 6 heteroatoms. The highest BCUT2D eigenvalue weighted by Crippen LogP contribution is 2.12. The number of nitrogens with zero attached hydrogens (tertiary/aromatic N) is 2. The van der Waals surface area contributed by atoms with Crippen LogP contribution in [0.5, 0.6) is 0 Å². The molecule has 2 aromatic heterocycles. The first-order chi connectivity index (χ1) is 11.6. The monoisotopic (exact) mass is 330 g/mol. The van der Waals surface area contributed by atoms with Crippen molar-refractivity contribution in [1.82, 2.24) is 9.38 Å². The van der Waals surface area contributed by atoms with E-state index >= 15 is 0 Å². The fourth-order valence-electron chi connectivity index (χ4n) is 3.41. The van der Waals surface area contributed by atoms with Crippen molar-refractivity contribution in [3.05, 3.63) is 46.0 Å². The third-order valence-electron chi connectivity index (χ3n) is 4.68. The van der Waals surface area contributed by atoms with Gasteiger partial charge >= 0.3 is 5.97 Å². The highest BCUT2D eigenvalue weighted by molar-refractivity contribution is 5.72. The summed E-state index contributed by atoms with van der Waals surface area (Å²) >= 11 is 0. The first kappa shape index (κ1) is 16.6. The number of rotatable bonds is 4. The van der Waals surface area contributed by atoms with Gasteiger partial charge in [-0.3, -0.25) is 14.0 Å². The van der Waals surface area contributed by atoms with Crippen molar-refractivity contribution in [3.8, 4) is 0 Å². The summed E-state index contributed by atoms with van der Waals surface area (Å²) < 4.78 is 6.74. The molecule has 3 heterocycles. The van der Waals surface area contributed by atoms with E-state index in [0.29, 0.717) is 12.3 Å². The van der Waals surface area contributed by atoms with Crippen molar-refractivity contribution in [2.75, 3.05) is 19.7 Å². The van der Waals surface area contributed by atoms with Crippen LogP contribution in [-0.4, -0.2) is 35.1 Å². The van der Waals surface area contributed by atoms with E-state index in [1.807, 2.05) is 32.0 Å². The Bertz CT molecular complexity index is 792. The summed E-state index contributed by atoms with van der Waals surface area (Å²) in [4.78, 5) is 30.1. The highest BCUT2D eigenvalue weighted by Gasteiger charge is 2.28. The number of hydrogen-bond donors (Lipinski definition) is 1. The molecule has 6 nitrogen and oxygen atoms in total. The number of aryl methyl sites for hydroxylation is 1. The Balaban J connectivity index is 1.69. The molecule has 1 saturated heterocycles. The van der Waals surface area contributed by atoms with Gasteiger partial charge in [0.2, 0.25) is 0 Å². The van der Waals surface area contributed by atoms with Gasteiger partial charge in [-0.05, 0) is 26.0 Å². The zero-order valence-electron chi connectivity index (χ0n) is 14.2. The van der Waals surface area contributed by atoms with E-state index in [2.05, 4.69) is 4.98 Å². The molecule has 3 rings (SSSR count). The lowest BCUT2D eigenvalue weighted by Crippen LogP contribution is -3.11. The second-order valence-corrected chi connectivity index (χ2v) is 6.40. The fraction of sp³-hybridized carbons (Fsp3) is 0.500. The standard InChI is InChI=1S/C18H23N3O3/c1-3-24-18(23)14-7-9-20(10-8-14)12-15-11-17(22)21-13(2)5-4-6-16(21)19-15/h4-6,11,14H,3,7-10,12H2,1-2H3/p+1. The van der Waals surface area contributed by atoms with Gasteiger partial charge < -0.3 is 9.64 Å². The molecule has 0 unspecified atom stereocenters. The minimum atomic E-state index is -0.0749. The summed E-state index contributed by atoms with van der Waals surface area (Å²) in [5.74, 6) is -0.0550. The number of likely N-dealkylation sites (tertiary alicyclic amines) is 1. The number of pyridine rings is 1. The minimum Gasteiger partial charge on any atom is -0.466 e. The Morgan fingerprint density at radius 3 is 2.83 bits per heavy atom. The Hall–Kier alpha value is -2.21. The lowest BCUT2D eigenvalue weighted by Gasteiger charge is -2.27. The zero-order valence-corrected chi connectivity index (χ0v) is 14.2. The minimum absolute atomic E-state index is 0.0199. The van der Waals surface area contributed by atoms with Crippen LogP contribution in [0.4, 0.5) is 0 Å². The van der Waals surface area contributed by atoms with E-state index in [1.54, 1.807) is 10.5 Å². The number of nitrogens with one attached hydrogen (secondary N) is 1. The summed E-state index contributed by atoms with van der Waals surface area (Å²) in [6, 6.07) is 7.31. The number of esters is 1. The van der Waals surface area contributed by atoms with Crippen LogP contribution in [0.1, 0.15) is 31.2 Å². The van der Waals surface area contributed by atoms with E-state index in [4.69, 9.17) is 4.74 Å². The van der Waals surface area contributed by atoms with Gasteiger partial charge in [0, 0.05) is 24.6 Å². The maximum atomic E-state index is 12.3. The fourth-order valence-corrected chi connectivity index (χ4v) is 3.41. The molecule has 1 aliphatic rings. The number of quaternary nitrogens is 1. The van der Waals surface area contributed by atoms with Crippen LogP contribution >= 0.6 is 0 Å². The summed E-state index contributed by atoms with van der Waals surface area (Å²) in [6.07, 6.45) is 1.67. The van der Waals surface area contributed by atoms with Crippen LogP contribution in [0.15, 0.2) is 29.1 Å². The molecule has 2 aromatic rings. The van der Waals surface area contributed by atoms with Crippen LogP contribution in [0.25, 0.3) is 5.65 Å². The normalized spacial score (nSPS) is 20.9. The van der Waals surface area contributed by atoms with Gasteiger partial charge in [0.25, 0.3) is 5.56 Å². The van der Waals surface area contributed by atoms with Gasteiger partial charge in [0.15, 0.2) is 0 Å². The van der Waals surface area contributed by atoms with E-state index in [9.17, 15) is 9.59 Å². The molecule has 0 spiro atoms. The average Bonchev–Trinajstić information content (AvgIpc) is 2.55. The van der Waals surface area contributed by atoms with Gasteiger partial charge in [-0.2, -0.15) is 0 Å². The van der Waals surface area contributed by atoms with E-state index in [0.717, 1.165) is 43.9 Å². The molecule has 128 valence electrons. The first-order valence-electron chi connectivity index (χ1n) is 8.57. The van der Waals surface area contributed by atoms with Crippen molar-refractivity contribution in [2.24, 2.45) is 5.92 Å². The topological polar surface area (TPSA) is 65.1 Å². The largest absolute Gasteiger partial charge is 0.466 e. The Morgan fingerprint density at radius 1 is 1.38 bits per heavy atom. The van der Waals surface area contributed by atoms with Gasteiger partial charge in [-0.25, -0.2) is 4.98 Å². The first-order valence-corrected chi connectivity index (χ1v) is 8.57. The molecule has 0 saturated carbocycles. The number of carbonyl (C=O) groups is 1. The SMILES string of the molecule is CCOC(=O)C1CC[NH+](Cc2cc(=O)n3c(C)cccc3n2)CC1. The second-order valence-electron chi connectivity index (χ2n) is 6.40.